The molecule has 0 saturated carbocycles. The number of rotatable bonds is 4. The van der Waals surface area contributed by atoms with E-state index in [1.165, 1.54) is 0 Å². The van der Waals surface area contributed by atoms with Crippen LogP contribution in [0.4, 0.5) is 5.69 Å². The molecule has 0 heterocycles. The van der Waals surface area contributed by atoms with Crippen LogP contribution in [0, 0.1) is 0 Å². The van der Waals surface area contributed by atoms with E-state index in [-0.39, 0.29) is 5.91 Å². The van der Waals surface area contributed by atoms with Crippen LogP contribution >= 0.6 is 11.6 Å². The average molecular weight is 374 g/mol. The fourth-order valence-electron chi connectivity index (χ4n) is 2.87. The average Bonchev–Trinajstić information content (AvgIpc) is 2.71. The lowest BCUT2D eigenvalue weighted by Crippen LogP contribution is -2.12. The summed E-state index contributed by atoms with van der Waals surface area (Å²) in [5, 5.41) is 5.57. The Balaban J connectivity index is 1.49. The third-order valence-electron chi connectivity index (χ3n) is 4.20. The molecule has 0 radical (unpaired) electrons. The molecule has 0 bridgehead atoms. The summed E-state index contributed by atoms with van der Waals surface area (Å²) in [6.07, 6.45) is 0. The lowest BCUT2D eigenvalue weighted by Gasteiger charge is -2.10. The van der Waals surface area contributed by atoms with E-state index in [9.17, 15) is 4.79 Å². The summed E-state index contributed by atoms with van der Waals surface area (Å²) in [7, 11) is 0. The van der Waals surface area contributed by atoms with Gasteiger partial charge in [0.25, 0.3) is 5.91 Å². The van der Waals surface area contributed by atoms with Crippen molar-refractivity contribution in [3.63, 3.8) is 0 Å². The van der Waals surface area contributed by atoms with Crippen molar-refractivity contribution in [3.8, 4) is 11.5 Å². The molecule has 0 saturated heterocycles. The SMILES string of the molecule is O=C(Nc1ccc(Oc2ccc(Cl)cc2)cc1)c1cccc2ccccc12. The molecule has 3 nitrogen and oxygen atoms in total. The zero-order chi connectivity index (χ0) is 18.6. The summed E-state index contributed by atoms with van der Waals surface area (Å²) in [5.41, 5.74) is 1.35. The molecule has 4 aromatic rings. The van der Waals surface area contributed by atoms with Gasteiger partial charge in [-0.2, -0.15) is 0 Å². The number of anilines is 1. The molecule has 0 aliphatic heterocycles. The Morgan fingerprint density at radius 3 is 2.11 bits per heavy atom. The maximum Gasteiger partial charge on any atom is 0.256 e. The van der Waals surface area contributed by atoms with Crippen LogP contribution in [0.1, 0.15) is 10.4 Å². The number of hydrogen-bond donors (Lipinski definition) is 1. The number of ether oxygens (including phenoxy) is 1. The van der Waals surface area contributed by atoms with Crippen molar-refractivity contribution in [2.24, 2.45) is 0 Å². The number of hydrogen-bond acceptors (Lipinski definition) is 2. The molecule has 0 aliphatic carbocycles. The van der Waals surface area contributed by atoms with E-state index in [1.54, 1.807) is 24.3 Å². The topological polar surface area (TPSA) is 38.3 Å². The number of amides is 1. The second-order valence-electron chi connectivity index (χ2n) is 6.06. The Morgan fingerprint density at radius 1 is 0.741 bits per heavy atom. The summed E-state index contributed by atoms with van der Waals surface area (Å²) < 4.78 is 5.76. The van der Waals surface area contributed by atoms with Gasteiger partial charge in [0.1, 0.15) is 11.5 Å². The molecule has 0 aromatic heterocycles. The number of carbonyl (C=O) groups excluding carboxylic acids is 1. The summed E-state index contributed by atoms with van der Waals surface area (Å²) in [5.74, 6) is 1.24. The van der Waals surface area contributed by atoms with Crippen LogP contribution in [-0.2, 0) is 0 Å². The van der Waals surface area contributed by atoms with E-state index in [1.807, 2.05) is 66.7 Å². The molecule has 0 fully saturated rings. The van der Waals surface area contributed by atoms with E-state index >= 15 is 0 Å². The molecule has 132 valence electrons. The number of carbonyl (C=O) groups is 1. The van der Waals surface area contributed by atoms with Crippen molar-refractivity contribution in [2.45, 2.75) is 0 Å². The van der Waals surface area contributed by atoms with Crippen LogP contribution in [-0.4, -0.2) is 5.91 Å². The highest BCUT2D eigenvalue weighted by atomic mass is 35.5. The minimum Gasteiger partial charge on any atom is -0.457 e. The summed E-state index contributed by atoms with van der Waals surface area (Å²) in [6, 6.07) is 28.0. The quantitative estimate of drug-likeness (QED) is 0.441. The van der Waals surface area contributed by atoms with Gasteiger partial charge in [0.15, 0.2) is 0 Å². The first kappa shape index (κ1) is 17.1. The minimum atomic E-state index is -0.141. The molecule has 0 aliphatic rings. The lowest BCUT2D eigenvalue weighted by atomic mass is 10.0. The molecule has 27 heavy (non-hydrogen) atoms. The van der Waals surface area contributed by atoms with Crippen molar-refractivity contribution in [1.82, 2.24) is 0 Å². The van der Waals surface area contributed by atoms with Gasteiger partial charge in [0.2, 0.25) is 0 Å². The van der Waals surface area contributed by atoms with Crippen LogP contribution in [0.3, 0.4) is 0 Å². The smallest absolute Gasteiger partial charge is 0.256 e. The van der Waals surface area contributed by atoms with E-state index in [4.69, 9.17) is 16.3 Å². The molecule has 0 unspecified atom stereocenters. The molecule has 1 N–H and O–H groups in total. The molecule has 0 spiro atoms. The van der Waals surface area contributed by atoms with Gasteiger partial charge in [-0.25, -0.2) is 0 Å². The number of benzene rings is 4. The van der Waals surface area contributed by atoms with Crippen LogP contribution < -0.4 is 10.1 Å². The van der Waals surface area contributed by atoms with Gasteiger partial charge in [-0.1, -0.05) is 48.0 Å². The molecule has 4 heteroatoms. The van der Waals surface area contributed by atoms with E-state index < -0.39 is 0 Å². The van der Waals surface area contributed by atoms with E-state index in [2.05, 4.69) is 5.32 Å². The number of nitrogens with one attached hydrogen (secondary N) is 1. The predicted octanol–water partition coefficient (Wildman–Crippen LogP) is 6.54. The van der Waals surface area contributed by atoms with Crippen LogP contribution in [0.25, 0.3) is 10.8 Å². The standard InChI is InChI=1S/C23H16ClNO2/c24-17-8-12-19(13-9-17)27-20-14-10-18(11-15-20)25-23(26)22-7-3-5-16-4-1-2-6-21(16)22/h1-15H,(H,25,26). The first-order valence-corrected chi connectivity index (χ1v) is 8.89. The first-order valence-electron chi connectivity index (χ1n) is 8.52. The fraction of sp³-hybridized carbons (Fsp3) is 0. The largest absolute Gasteiger partial charge is 0.457 e. The van der Waals surface area contributed by atoms with Gasteiger partial charge in [-0.05, 0) is 65.4 Å². The van der Waals surface area contributed by atoms with Crippen molar-refractivity contribution >= 4 is 34.0 Å². The highest BCUT2D eigenvalue weighted by molar-refractivity contribution is 6.30. The Hall–Kier alpha value is -3.30. The second-order valence-corrected chi connectivity index (χ2v) is 6.50. The summed E-state index contributed by atoms with van der Waals surface area (Å²) in [4.78, 5) is 12.7. The lowest BCUT2D eigenvalue weighted by molar-refractivity contribution is 0.102. The Labute approximate surface area is 162 Å². The van der Waals surface area contributed by atoms with Gasteiger partial charge >= 0.3 is 0 Å². The second kappa shape index (κ2) is 7.52. The van der Waals surface area contributed by atoms with Crippen molar-refractivity contribution < 1.29 is 9.53 Å². The fourth-order valence-corrected chi connectivity index (χ4v) is 2.99. The van der Waals surface area contributed by atoms with Crippen molar-refractivity contribution in [1.29, 1.82) is 0 Å². The van der Waals surface area contributed by atoms with Crippen LogP contribution in [0.15, 0.2) is 91.0 Å². The van der Waals surface area contributed by atoms with Gasteiger partial charge in [0, 0.05) is 16.3 Å². The Bertz CT molecular complexity index is 1080. The Morgan fingerprint density at radius 2 is 1.37 bits per heavy atom. The summed E-state index contributed by atoms with van der Waals surface area (Å²) in [6.45, 7) is 0. The van der Waals surface area contributed by atoms with Gasteiger partial charge < -0.3 is 10.1 Å². The molecule has 4 rings (SSSR count). The molecular weight excluding hydrogens is 358 g/mol. The highest BCUT2D eigenvalue weighted by Crippen LogP contribution is 2.25. The zero-order valence-electron chi connectivity index (χ0n) is 14.4. The van der Waals surface area contributed by atoms with Gasteiger partial charge in [-0.15, -0.1) is 0 Å². The number of halogens is 1. The summed E-state index contributed by atoms with van der Waals surface area (Å²) >= 11 is 5.88. The van der Waals surface area contributed by atoms with Crippen molar-refractivity contribution in [2.75, 3.05) is 5.32 Å². The first-order chi connectivity index (χ1) is 13.2. The third kappa shape index (κ3) is 3.94. The van der Waals surface area contributed by atoms with Gasteiger partial charge in [-0.3, -0.25) is 4.79 Å². The molecule has 0 atom stereocenters. The van der Waals surface area contributed by atoms with Crippen molar-refractivity contribution in [3.05, 3.63) is 102 Å². The zero-order valence-corrected chi connectivity index (χ0v) is 15.1. The normalized spacial score (nSPS) is 10.6. The van der Waals surface area contributed by atoms with E-state index in [0.29, 0.717) is 27.8 Å². The maximum absolute atomic E-state index is 12.7. The highest BCUT2D eigenvalue weighted by Gasteiger charge is 2.10. The monoisotopic (exact) mass is 373 g/mol. The molecule has 1 amide bonds. The molecule has 4 aromatic carbocycles. The van der Waals surface area contributed by atoms with Gasteiger partial charge in [0.05, 0.1) is 0 Å². The minimum absolute atomic E-state index is 0.141. The number of fused-ring (bicyclic) bond motifs is 1. The van der Waals surface area contributed by atoms with E-state index in [0.717, 1.165) is 10.8 Å². The van der Waals surface area contributed by atoms with Crippen LogP contribution in [0.5, 0.6) is 11.5 Å². The maximum atomic E-state index is 12.7. The Kier molecular flexibility index (Phi) is 4.77. The predicted molar refractivity (Wildman–Crippen MR) is 110 cm³/mol. The van der Waals surface area contributed by atoms with Crippen LogP contribution in [0.2, 0.25) is 5.02 Å². The molecular formula is C23H16ClNO2. The third-order valence-corrected chi connectivity index (χ3v) is 4.45.